The lowest BCUT2D eigenvalue weighted by atomic mass is 9.68. The molecule has 0 saturated carbocycles. The number of rotatable bonds is 7. The van der Waals surface area contributed by atoms with E-state index in [-0.39, 0.29) is 38.4 Å². The van der Waals surface area contributed by atoms with Gasteiger partial charge >= 0.3 is 5.97 Å². The highest BCUT2D eigenvalue weighted by atomic mass is 35.5. The highest BCUT2D eigenvalue weighted by Crippen LogP contribution is 2.50. The summed E-state index contributed by atoms with van der Waals surface area (Å²) < 4.78 is 31.1. The van der Waals surface area contributed by atoms with E-state index in [9.17, 15) is 9.59 Å². The summed E-state index contributed by atoms with van der Waals surface area (Å²) in [4.78, 5) is 28.7. The second-order valence-corrected chi connectivity index (χ2v) is 11.6. The molecule has 1 saturated heterocycles. The van der Waals surface area contributed by atoms with Gasteiger partial charge in [-0.15, -0.1) is 5.10 Å². The van der Waals surface area contributed by atoms with Crippen LogP contribution in [0.4, 0.5) is 14.7 Å². The minimum Gasteiger partial charge on any atom is -0.481 e. The smallest absolute Gasteiger partial charge is 0.311 e. The average Bonchev–Trinajstić information content (AvgIpc) is 3.36. The zero-order valence-corrected chi connectivity index (χ0v) is 22.9. The number of H-pyrrole nitrogens is 1. The number of carbonyl (C=O) groups excluding carboxylic acids is 1. The van der Waals surface area contributed by atoms with Gasteiger partial charge in [0, 0.05) is 22.5 Å². The van der Waals surface area contributed by atoms with Crippen molar-refractivity contribution in [1.29, 1.82) is 0 Å². The third kappa shape index (κ3) is 5.91. The molecule has 0 spiro atoms. The van der Waals surface area contributed by atoms with Gasteiger partial charge in [-0.2, -0.15) is 4.98 Å². The molecule has 0 aliphatic carbocycles. The standard InChI is InChI=1S/C26H28Cl2F2N6O3/c1-25(2,3)11-17-26(31,14-8-7-12(27)9-16(14)29)20(13-5-4-6-15(28)21(13)30)22(32-17)23(39)34-24-33-18(35-36-24)10-19(37)38/h4-9,17,20,22,32H,10-11,31H2,1-3H3,(H,37,38)(H2,33,34,35,36,39)/t17-,20-,22+,26+/m0/s1. The molecular weight excluding hydrogens is 553 g/mol. The molecular formula is C26H28Cl2F2N6O3. The Morgan fingerprint density at radius 1 is 1.21 bits per heavy atom. The number of benzene rings is 2. The molecule has 6 N–H and O–H groups in total. The highest BCUT2D eigenvalue weighted by Gasteiger charge is 2.58. The number of amides is 1. The number of aliphatic carboxylic acids is 1. The summed E-state index contributed by atoms with van der Waals surface area (Å²) in [5.74, 6) is -4.60. The third-order valence-corrected chi connectivity index (χ3v) is 7.23. The highest BCUT2D eigenvalue weighted by molar-refractivity contribution is 6.31. The van der Waals surface area contributed by atoms with Gasteiger partial charge < -0.3 is 16.2 Å². The molecule has 208 valence electrons. The van der Waals surface area contributed by atoms with Gasteiger partial charge in [-0.05, 0) is 35.6 Å². The summed E-state index contributed by atoms with van der Waals surface area (Å²) in [5, 5.41) is 21.0. The van der Waals surface area contributed by atoms with Crippen LogP contribution in [0.15, 0.2) is 36.4 Å². The van der Waals surface area contributed by atoms with Crippen LogP contribution < -0.4 is 16.4 Å². The third-order valence-electron chi connectivity index (χ3n) is 6.70. The van der Waals surface area contributed by atoms with Crippen LogP contribution in [0.1, 0.15) is 50.1 Å². The number of anilines is 1. The molecule has 9 nitrogen and oxygen atoms in total. The van der Waals surface area contributed by atoms with Crippen LogP contribution in [0.3, 0.4) is 0 Å². The van der Waals surface area contributed by atoms with Gasteiger partial charge in [0.05, 0.1) is 16.6 Å². The Labute approximate surface area is 233 Å². The molecule has 0 unspecified atom stereocenters. The number of nitrogens with two attached hydrogens (primary N) is 1. The topological polar surface area (TPSA) is 146 Å². The number of hydrogen-bond donors (Lipinski definition) is 5. The molecule has 39 heavy (non-hydrogen) atoms. The number of aromatic nitrogens is 3. The lowest BCUT2D eigenvalue weighted by Gasteiger charge is -2.40. The number of nitrogens with zero attached hydrogens (tertiary/aromatic N) is 2. The quantitative estimate of drug-likeness (QED) is 0.279. The van der Waals surface area contributed by atoms with Crippen LogP contribution >= 0.6 is 23.2 Å². The van der Waals surface area contributed by atoms with E-state index >= 15 is 8.78 Å². The number of nitrogens with one attached hydrogen (secondary N) is 3. The fourth-order valence-electron chi connectivity index (χ4n) is 5.17. The molecule has 1 aliphatic heterocycles. The predicted molar refractivity (Wildman–Crippen MR) is 143 cm³/mol. The van der Waals surface area contributed by atoms with E-state index in [2.05, 4.69) is 25.8 Å². The minimum atomic E-state index is -1.64. The van der Waals surface area contributed by atoms with Crippen molar-refractivity contribution >= 4 is 41.0 Å². The summed E-state index contributed by atoms with van der Waals surface area (Å²) in [6, 6.07) is 6.50. The van der Waals surface area contributed by atoms with Crippen LogP contribution in [0.2, 0.25) is 10.0 Å². The van der Waals surface area contributed by atoms with Gasteiger partial charge in [-0.3, -0.25) is 20.0 Å². The van der Waals surface area contributed by atoms with Gasteiger partial charge in [0.25, 0.3) is 0 Å². The van der Waals surface area contributed by atoms with Crippen LogP contribution in [0.5, 0.6) is 0 Å². The van der Waals surface area contributed by atoms with Crippen molar-refractivity contribution in [2.75, 3.05) is 5.32 Å². The number of carbonyl (C=O) groups is 2. The first-order valence-corrected chi connectivity index (χ1v) is 12.8. The molecule has 0 radical (unpaired) electrons. The minimum absolute atomic E-state index is 0.0185. The molecule has 1 aliphatic rings. The normalized spacial score (nSPS) is 23.1. The second-order valence-electron chi connectivity index (χ2n) is 10.8. The Morgan fingerprint density at radius 3 is 2.56 bits per heavy atom. The predicted octanol–water partition coefficient (Wildman–Crippen LogP) is 4.37. The maximum Gasteiger partial charge on any atom is 0.311 e. The monoisotopic (exact) mass is 580 g/mol. The summed E-state index contributed by atoms with van der Waals surface area (Å²) in [5.41, 5.74) is 5.22. The van der Waals surface area contributed by atoms with Crippen molar-refractivity contribution in [3.05, 3.63) is 75.0 Å². The van der Waals surface area contributed by atoms with Crippen LogP contribution in [0, 0.1) is 17.0 Å². The van der Waals surface area contributed by atoms with Crippen molar-refractivity contribution in [3.8, 4) is 0 Å². The zero-order chi connectivity index (χ0) is 28.7. The molecule has 4 atom stereocenters. The summed E-state index contributed by atoms with van der Waals surface area (Å²) in [6.07, 6.45) is -0.0479. The van der Waals surface area contributed by atoms with E-state index in [0.717, 1.165) is 6.07 Å². The first kappa shape index (κ1) is 28.9. The largest absolute Gasteiger partial charge is 0.481 e. The van der Waals surface area contributed by atoms with Crippen molar-refractivity contribution in [2.45, 2.75) is 57.2 Å². The number of aromatic amines is 1. The molecule has 2 heterocycles. The maximum absolute atomic E-state index is 15.6. The van der Waals surface area contributed by atoms with E-state index in [1.165, 1.54) is 30.3 Å². The van der Waals surface area contributed by atoms with Crippen molar-refractivity contribution in [1.82, 2.24) is 20.5 Å². The molecule has 1 aromatic heterocycles. The van der Waals surface area contributed by atoms with Crippen LogP contribution in [-0.2, 0) is 21.5 Å². The second kappa shape index (κ2) is 10.8. The number of carboxylic acid groups (broad SMARTS) is 1. The van der Waals surface area contributed by atoms with Gasteiger partial charge in [-0.25, -0.2) is 8.78 Å². The summed E-state index contributed by atoms with van der Waals surface area (Å²) in [6.45, 7) is 5.90. The van der Waals surface area contributed by atoms with E-state index in [0.29, 0.717) is 6.42 Å². The molecule has 4 rings (SSSR count). The fraction of sp³-hybridized carbons (Fsp3) is 0.385. The Balaban J connectivity index is 1.86. The molecule has 1 amide bonds. The lowest BCUT2D eigenvalue weighted by Crippen LogP contribution is -2.52. The van der Waals surface area contributed by atoms with Crippen molar-refractivity contribution in [3.63, 3.8) is 0 Å². The van der Waals surface area contributed by atoms with Gasteiger partial charge in [0.15, 0.2) is 0 Å². The van der Waals surface area contributed by atoms with Gasteiger partial charge in [-0.1, -0.05) is 62.2 Å². The molecule has 13 heteroatoms. The van der Waals surface area contributed by atoms with Gasteiger partial charge in [0.1, 0.15) is 23.9 Å². The Morgan fingerprint density at radius 2 is 1.92 bits per heavy atom. The van der Waals surface area contributed by atoms with Gasteiger partial charge in [0.2, 0.25) is 11.9 Å². The Kier molecular flexibility index (Phi) is 8.00. The summed E-state index contributed by atoms with van der Waals surface area (Å²) in [7, 11) is 0. The average molecular weight is 581 g/mol. The van der Waals surface area contributed by atoms with Crippen molar-refractivity contribution in [2.24, 2.45) is 11.1 Å². The Hall–Kier alpha value is -3.12. The molecule has 3 aromatic rings. The van der Waals surface area contributed by atoms with Crippen molar-refractivity contribution < 1.29 is 23.5 Å². The lowest BCUT2D eigenvalue weighted by molar-refractivity contribution is -0.136. The van der Waals surface area contributed by atoms with E-state index in [1.54, 1.807) is 0 Å². The number of carboxylic acids is 1. The maximum atomic E-state index is 15.6. The summed E-state index contributed by atoms with van der Waals surface area (Å²) >= 11 is 12.1. The van der Waals surface area contributed by atoms with E-state index in [4.69, 9.17) is 34.0 Å². The molecule has 2 aromatic carbocycles. The zero-order valence-electron chi connectivity index (χ0n) is 21.4. The first-order chi connectivity index (χ1) is 18.2. The Bertz CT molecular complexity index is 1410. The molecule has 0 bridgehead atoms. The van der Waals surface area contributed by atoms with E-state index < -0.39 is 53.5 Å². The SMILES string of the molecule is CC(C)(C)C[C@@H]1N[C@@H](C(=O)Nc2n[nH]c(CC(=O)O)n2)[C@H](c2cccc(Cl)c2F)[C@@]1(N)c1ccc(Cl)cc1F. The number of hydrogen-bond acceptors (Lipinski definition) is 6. The molecule has 1 fully saturated rings. The number of halogens is 4. The van der Waals surface area contributed by atoms with E-state index in [1.807, 2.05) is 20.8 Å². The van der Waals surface area contributed by atoms with Crippen LogP contribution in [0.25, 0.3) is 0 Å². The van der Waals surface area contributed by atoms with Crippen LogP contribution in [-0.4, -0.2) is 44.2 Å². The first-order valence-electron chi connectivity index (χ1n) is 12.1. The fourth-order valence-corrected chi connectivity index (χ4v) is 5.51.